The number of aryl methyl sites for hydroxylation is 1. The molecule has 0 saturated heterocycles. The van der Waals surface area contributed by atoms with Gasteiger partial charge in [-0.2, -0.15) is 5.26 Å². The van der Waals surface area contributed by atoms with E-state index >= 15 is 0 Å². The number of rotatable bonds is 3. The summed E-state index contributed by atoms with van der Waals surface area (Å²) < 4.78 is 0. The van der Waals surface area contributed by atoms with Gasteiger partial charge in [0.1, 0.15) is 0 Å². The molecule has 1 fully saturated rings. The fourth-order valence-electron chi connectivity index (χ4n) is 2.39. The van der Waals surface area contributed by atoms with Crippen LogP contribution >= 0.6 is 0 Å². The minimum atomic E-state index is -0.239. The molecule has 0 aliphatic heterocycles. The van der Waals surface area contributed by atoms with E-state index in [4.69, 9.17) is 0 Å². The summed E-state index contributed by atoms with van der Waals surface area (Å²) in [5, 5.41) is 9.19. The number of aromatic nitrogens is 1. The molecule has 3 rings (SSSR count). The molecule has 1 aromatic carbocycles. The van der Waals surface area contributed by atoms with Crippen molar-refractivity contribution in [2.45, 2.75) is 31.6 Å². The van der Waals surface area contributed by atoms with E-state index in [1.807, 2.05) is 12.3 Å². The molecule has 0 amide bonds. The Hall–Kier alpha value is -2.14. The topological polar surface area (TPSA) is 36.7 Å². The van der Waals surface area contributed by atoms with Gasteiger partial charge in [0.25, 0.3) is 0 Å². The lowest BCUT2D eigenvalue weighted by Gasteiger charge is -2.07. The van der Waals surface area contributed by atoms with Gasteiger partial charge in [-0.3, -0.25) is 4.98 Å². The van der Waals surface area contributed by atoms with Crippen LogP contribution in [0.3, 0.4) is 0 Å². The third-order valence-electron chi connectivity index (χ3n) is 3.91. The smallest absolute Gasteiger partial charge is 0.0838 e. The molecule has 0 unspecified atom stereocenters. The normalized spacial score (nSPS) is 15.8. The largest absolute Gasteiger partial charge is 0.256 e. The third-order valence-corrected chi connectivity index (χ3v) is 3.91. The van der Waals surface area contributed by atoms with Crippen LogP contribution in [0.15, 0.2) is 42.6 Å². The van der Waals surface area contributed by atoms with Gasteiger partial charge in [0, 0.05) is 11.8 Å². The maximum Gasteiger partial charge on any atom is 0.0838 e. The van der Waals surface area contributed by atoms with Crippen LogP contribution in [0.5, 0.6) is 0 Å². The molecule has 0 atom stereocenters. The Morgan fingerprint density at radius 3 is 2.68 bits per heavy atom. The molecule has 1 heterocycles. The van der Waals surface area contributed by atoms with Crippen molar-refractivity contribution in [1.29, 1.82) is 5.26 Å². The van der Waals surface area contributed by atoms with Crippen LogP contribution in [-0.4, -0.2) is 4.98 Å². The molecule has 2 heteroatoms. The molecule has 1 aliphatic carbocycles. The van der Waals surface area contributed by atoms with Crippen LogP contribution < -0.4 is 0 Å². The van der Waals surface area contributed by atoms with Gasteiger partial charge in [-0.05, 0) is 42.5 Å². The van der Waals surface area contributed by atoms with Crippen LogP contribution in [0.2, 0.25) is 0 Å². The van der Waals surface area contributed by atoms with Gasteiger partial charge in [0.15, 0.2) is 0 Å². The summed E-state index contributed by atoms with van der Waals surface area (Å²) in [6.07, 6.45) is 4.83. The molecule has 2 nitrogen and oxygen atoms in total. The summed E-state index contributed by atoms with van der Waals surface area (Å²) >= 11 is 0. The van der Waals surface area contributed by atoms with E-state index < -0.39 is 0 Å². The van der Waals surface area contributed by atoms with Crippen LogP contribution in [0.4, 0.5) is 0 Å². The summed E-state index contributed by atoms with van der Waals surface area (Å²) in [7, 11) is 0. The molecule has 0 bridgehead atoms. The summed E-state index contributed by atoms with van der Waals surface area (Å²) in [5.41, 5.74) is 4.27. The van der Waals surface area contributed by atoms with Gasteiger partial charge in [-0.15, -0.1) is 0 Å². The van der Waals surface area contributed by atoms with Crippen molar-refractivity contribution in [3.63, 3.8) is 0 Å². The average molecular weight is 248 g/mol. The highest BCUT2D eigenvalue weighted by Crippen LogP contribution is 2.47. The number of hydrogen-bond donors (Lipinski definition) is 0. The summed E-state index contributed by atoms with van der Waals surface area (Å²) in [6.45, 7) is 2.15. The standard InChI is InChI=1S/C17H16N2/c1-2-13-4-3-5-14(10-13)16-7-6-15(11-19-16)17(12-18)8-9-17/h3-7,10-11H,2,8-9H2,1H3. The van der Waals surface area contributed by atoms with E-state index in [1.165, 1.54) is 5.56 Å². The lowest BCUT2D eigenvalue weighted by atomic mass is 9.98. The van der Waals surface area contributed by atoms with E-state index in [0.717, 1.165) is 36.1 Å². The van der Waals surface area contributed by atoms with Crippen molar-refractivity contribution >= 4 is 0 Å². The third kappa shape index (κ3) is 2.13. The Balaban J connectivity index is 1.92. The molecular weight excluding hydrogens is 232 g/mol. The number of nitrogens with zero attached hydrogens (tertiary/aromatic N) is 2. The molecular formula is C17H16N2. The van der Waals surface area contributed by atoms with Crippen molar-refractivity contribution in [2.75, 3.05) is 0 Å². The van der Waals surface area contributed by atoms with Crippen LogP contribution in [0.1, 0.15) is 30.9 Å². The highest BCUT2D eigenvalue weighted by Gasteiger charge is 2.45. The summed E-state index contributed by atoms with van der Waals surface area (Å²) in [6, 6.07) is 15.0. The number of pyridine rings is 1. The maximum absolute atomic E-state index is 9.19. The molecule has 19 heavy (non-hydrogen) atoms. The first-order chi connectivity index (χ1) is 9.27. The lowest BCUT2D eigenvalue weighted by Crippen LogP contribution is -2.02. The van der Waals surface area contributed by atoms with Gasteiger partial charge in [0.05, 0.1) is 17.2 Å². The van der Waals surface area contributed by atoms with Crippen LogP contribution in [-0.2, 0) is 11.8 Å². The zero-order chi connectivity index (χ0) is 13.3. The van der Waals surface area contributed by atoms with E-state index in [9.17, 15) is 5.26 Å². The zero-order valence-electron chi connectivity index (χ0n) is 11.1. The average Bonchev–Trinajstić information content (AvgIpc) is 3.29. The Morgan fingerprint density at radius 2 is 2.11 bits per heavy atom. The van der Waals surface area contributed by atoms with E-state index in [1.54, 1.807) is 0 Å². The Bertz CT molecular complexity index is 631. The molecule has 0 N–H and O–H groups in total. The van der Waals surface area contributed by atoms with Crippen molar-refractivity contribution in [3.8, 4) is 17.3 Å². The number of nitriles is 1. The minimum absolute atomic E-state index is 0.239. The van der Waals surface area contributed by atoms with Gasteiger partial charge < -0.3 is 0 Å². The van der Waals surface area contributed by atoms with Crippen LogP contribution in [0.25, 0.3) is 11.3 Å². The minimum Gasteiger partial charge on any atom is -0.256 e. The van der Waals surface area contributed by atoms with Gasteiger partial charge in [-0.1, -0.05) is 31.2 Å². The molecule has 1 saturated carbocycles. The van der Waals surface area contributed by atoms with E-state index in [0.29, 0.717) is 0 Å². The van der Waals surface area contributed by atoms with Crippen molar-refractivity contribution in [3.05, 3.63) is 53.7 Å². The summed E-state index contributed by atoms with van der Waals surface area (Å²) in [5.74, 6) is 0. The first-order valence-corrected chi connectivity index (χ1v) is 6.74. The van der Waals surface area contributed by atoms with Gasteiger partial charge >= 0.3 is 0 Å². The van der Waals surface area contributed by atoms with E-state index in [2.05, 4.69) is 48.3 Å². The second-order valence-electron chi connectivity index (χ2n) is 5.18. The van der Waals surface area contributed by atoms with Gasteiger partial charge in [-0.25, -0.2) is 0 Å². The maximum atomic E-state index is 9.19. The SMILES string of the molecule is CCc1cccc(-c2ccc(C3(C#N)CC3)cn2)c1. The van der Waals surface area contributed by atoms with Crippen molar-refractivity contribution in [1.82, 2.24) is 4.98 Å². The fraction of sp³-hybridized carbons (Fsp3) is 0.294. The number of hydrogen-bond acceptors (Lipinski definition) is 2. The quantitative estimate of drug-likeness (QED) is 0.826. The predicted octanol–water partition coefficient (Wildman–Crippen LogP) is 3.87. The van der Waals surface area contributed by atoms with Gasteiger partial charge in [0.2, 0.25) is 0 Å². The Labute approximate surface area is 113 Å². The van der Waals surface area contributed by atoms with E-state index in [-0.39, 0.29) is 5.41 Å². The molecule has 2 aromatic rings. The first kappa shape index (κ1) is 11.9. The molecule has 1 aromatic heterocycles. The zero-order valence-corrected chi connectivity index (χ0v) is 11.1. The summed E-state index contributed by atoms with van der Waals surface area (Å²) in [4.78, 5) is 4.53. The lowest BCUT2D eigenvalue weighted by molar-refractivity contribution is 0.898. The monoisotopic (exact) mass is 248 g/mol. The highest BCUT2D eigenvalue weighted by atomic mass is 14.7. The molecule has 0 radical (unpaired) electrons. The molecule has 94 valence electrons. The van der Waals surface area contributed by atoms with Crippen molar-refractivity contribution < 1.29 is 0 Å². The second kappa shape index (κ2) is 4.51. The molecule has 1 aliphatic rings. The Morgan fingerprint density at radius 1 is 1.26 bits per heavy atom. The second-order valence-corrected chi connectivity index (χ2v) is 5.18. The predicted molar refractivity (Wildman–Crippen MR) is 75.6 cm³/mol. The van der Waals surface area contributed by atoms with Crippen molar-refractivity contribution in [2.24, 2.45) is 0 Å². The first-order valence-electron chi connectivity index (χ1n) is 6.74. The van der Waals surface area contributed by atoms with Crippen LogP contribution in [0, 0.1) is 11.3 Å². The Kier molecular flexibility index (Phi) is 2.83. The molecule has 0 spiro atoms. The fourth-order valence-corrected chi connectivity index (χ4v) is 2.39. The highest BCUT2D eigenvalue weighted by molar-refractivity contribution is 5.60. The number of benzene rings is 1.